The molecule has 1 radical (unpaired) electrons. The smallest absolute Gasteiger partial charge is 0.190 e. The van der Waals surface area contributed by atoms with Crippen LogP contribution in [0.2, 0.25) is 0 Å². The van der Waals surface area contributed by atoms with E-state index in [1.165, 1.54) is 22.8 Å². The normalized spacial score (nSPS) is 11.6. The topological polar surface area (TPSA) is 67.4 Å². The van der Waals surface area contributed by atoms with Crippen LogP contribution in [0.4, 0.5) is 5.69 Å². The van der Waals surface area contributed by atoms with Gasteiger partial charge in [0.1, 0.15) is 5.76 Å². The van der Waals surface area contributed by atoms with Crippen molar-refractivity contribution in [3.8, 4) is 33.8 Å². The van der Waals surface area contributed by atoms with Gasteiger partial charge in [0.05, 0.1) is 18.0 Å². The van der Waals surface area contributed by atoms with Gasteiger partial charge in [-0.2, -0.15) is 0 Å². The van der Waals surface area contributed by atoms with Crippen LogP contribution in [0.1, 0.15) is 95.0 Å². The van der Waals surface area contributed by atoms with Crippen molar-refractivity contribution in [3.63, 3.8) is 0 Å². The quantitative estimate of drug-likeness (QED) is 0.0982. The maximum Gasteiger partial charge on any atom is 0.190 e. The molecule has 261 valence electrons. The number of aliphatic hydroxyl groups excluding tert-OH is 1. The standard InChI is InChI=1S/C28H24N3.C15H28O2.Ir/c1-17-10-18(2)13-22(12-17)27-28(23-14-19(3)11-20(4)15-23)31-26(16-30-27)24-8-7-9-25(29-6)21(24)5;1-7-14(5,8-2)12(16)11-13(17)15(6,9-3)10-4;/h7-12,14-16H,1-5H3;11,16H,7-10H2,1-6H3;/q-1;;/b;12-11-;. The van der Waals surface area contributed by atoms with Crippen LogP contribution in [0.3, 0.4) is 0 Å². The first-order chi connectivity index (χ1) is 22.6. The Kier molecular flexibility index (Phi) is 14.9. The minimum Gasteiger partial charge on any atom is -0.512 e. The molecule has 1 aromatic heterocycles. The fourth-order valence-electron chi connectivity index (χ4n) is 5.76. The van der Waals surface area contributed by atoms with Gasteiger partial charge in [0.25, 0.3) is 0 Å². The molecule has 0 bridgehead atoms. The summed E-state index contributed by atoms with van der Waals surface area (Å²) in [5, 5.41) is 10.1. The first kappa shape index (κ1) is 41.3. The summed E-state index contributed by atoms with van der Waals surface area (Å²) in [6.07, 6.45) is 6.56. The first-order valence-electron chi connectivity index (χ1n) is 17.0. The Balaban J connectivity index is 0.000000398. The molecule has 49 heavy (non-hydrogen) atoms. The largest absolute Gasteiger partial charge is 0.512 e. The number of benzene rings is 3. The van der Waals surface area contributed by atoms with Crippen LogP contribution < -0.4 is 0 Å². The molecule has 0 saturated carbocycles. The van der Waals surface area contributed by atoms with E-state index in [0.717, 1.165) is 70.6 Å². The minimum atomic E-state index is -0.337. The van der Waals surface area contributed by atoms with Gasteiger partial charge < -0.3 is 10.1 Å². The molecular weight excluding hydrogens is 783 g/mol. The van der Waals surface area contributed by atoms with Gasteiger partial charge in [0.2, 0.25) is 0 Å². The van der Waals surface area contributed by atoms with Crippen LogP contribution in [-0.4, -0.2) is 20.9 Å². The summed E-state index contributed by atoms with van der Waals surface area (Å²) >= 11 is 0. The third kappa shape index (κ3) is 9.84. The molecule has 0 aliphatic rings. The van der Waals surface area contributed by atoms with Crippen LogP contribution in [-0.2, 0) is 24.9 Å². The van der Waals surface area contributed by atoms with E-state index < -0.39 is 0 Å². The van der Waals surface area contributed by atoms with Crippen molar-refractivity contribution in [2.24, 2.45) is 10.8 Å². The number of ketones is 1. The Morgan fingerprint density at radius 3 is 1.96 bits per heavy atom. The average molecular weight is 835 g/mol. The number of aromatic nitrogens is 2. The van der Waals surface area contributed by atoms with Crippen molar-refractivity contribution in [1.82, 2.24) is 9.97 Å². The maximum atomic E-state index is 12.2. The zero-order valence-electron chi connectivity index (χ0n) is 31.1. The number of aliphatic hydroxyl groups is 1. The number of nitrogens with zero attached hydrogens (tertiary/aromatic N) is 3. The number of aryl methyl sites for hydroxylation is 4. The van der Waals surface area contributed by atoms with E-state index in [0.29, 0.717) is 5.69 Å². The van der Waals surface area contributed by atoms with Crippen molar-refractivity contribution in [1.29, 1.82) is 0 Å². The molecular formula is C43H52IrN3O2-. The second-order valence-electron chi connectivity index (χ2n) is 13.6. The van der Waals surface area contributed by atoms with Gasteiger partial charge in [-0.15, -0.1) is 34.9 Å². The molecule has 0 aliphatic carbocycles. The maximum absolute atomic E-state index is 12.2. The number of hydrogen-bond donors (Lipinski definition) is 1. The van der Waals surface area contributed by atoms with Gasteiger partial charge in [-0.05, 0) is 63.1 Å². The molecule has 1 heterocycles. The molecule has 0 saturated heterocycles. The second kappa shape index (κ2) is 17.7. The summed E-state index contributed by atoms with van der Waals surface area (Å²) in [6.45, 7) is 29.8. The Labute approximate surface area is 308 Å². The van der Waals surface area contributed by atoms with Crippen molar-refractivity contribution in [2.45, 2.75) is 102 Å². The van der Waals surface area contributed by atoms with Crippen molar-refractivity contribution < 1.29 is 30.0 Å². The second-order valence-corrected chi connectivity index (χ2v) is 13.6. The molecule has 0 atom stereocenters. The van der Waals surface area contributed by atoms with Gasteiger partial charge in [-0.25, -0.2) is 4.85 Å². The van der Waals surface area contributed by atoms with Gasteiger partial charge in [0, 0.05) is 48.9 Å². The summed E-state index contributed by atoms with van der Waals surface area (Å²) < 4.78 is 0. The third-order valence-electron chi connectivity index (χ3n) is 9.97. The van der Waals surface area contributed by atoms with Crippen molar-refractivity contribution in [2.75, 3.05) is 0 Å². The van der Waals surface area contributed by atoms with Gasteiger partial charge in [0.15, 0.2) is 11.5 Å². The van der Waals surface area contributed by atoms with Gasteiger partial charge in [-0.3, -0.25) is 9.78 Å². The summed E-state index contributed by atoms with van der Waals surface area (Å²) in [6, 6.07) is 19.9. The minimum absolute atomic E-state index is 0. The predicted molar refractivity (Wildman–Crippen MR) is 200 cm³/mol. The summed E-state index contributed by atoms with van der Waals surface area (Å²) in [5.41, 5.74) is 10.9. The van der Waals surface area contributed by atoms with E-state index in [2.05, 4.69) is 62.0 Å². The molecule has 0 unspecified atom stereocenters. The fourth-order valence-corrected chi connectivity index (χ4v) is 5.76. The monoisotopic (exact) mass is 835 g/mol. The van der Waals surface area contributed by atoms with Crippen molar-refractivity contribution in [3.05, 3.63) is 112 Å². The van der Waals surface area contributed by atoms with E-state index in [1.807, 2.05) is 79.8 Å². The Morgan fingerprint density at radius 1 is 0.857 bits per heavy atom. The molecule has 1 N–H and O–H groups in total. The number of carbonyl (C=O) groups is 1. The van der Waals surface area contributed by atoms with Gasteiger partial charge >= 0.3 is 0 Å². The predicted octanol–water partition coefficient (Wildman–Crippen LogP) is 12.0. The van der Waals surface area contributed by atoms with E-state index in [4.69, 9.17) is 16.5 Å². The first-order valence-corrected chi connectivity index (χ1v) is 17.0. The molecule has 0 aliphatic heterocycles. The fraction of sp³-hybridized carbons (Fsp3) is 0.395. The summed E-state index contributed by atoms with van der Waals surface area (Å²) in [7, 11) is 0. The molecule has 0 amide bonds. The van der Waals surface area contributed by atoms with Crippen LogP contribution in [0, 0.1) is 58.1 Å². The van der Waals surface area contributed by atoms with Crippen LogP contribution in [0.25, 0.3) is 38.6 Å². The molecule has 5 nitrogen and oxygen atoms in total. The summed E-state index contributed by atoms with van der Waals surface area (Å²) in [4.78, 5) is 25.8. The molecule has 0 spiro atoms. The van der Waals surface area contributed by atoms with Crippen LogP contribution >= 0.6 is 0 Å². The number of hydrogen-bond acceptors (Lipinski definition) is 4. The number of allylic oxidation sites excluding steroid dienone is 2. The molecule has 6 heteroatoms. The SMILES string of the molecule is CCC(C)(CC)C(=O)/C=C(\O)C(C)(CC)CC.[C-]#[N+]c1cccc(-c2cnc(-c3[c-]c(C)cc(C)c3)c(-c3cc(C)cc(C)c3)n2)c1C.[Ir]. The van der Waals surface area contributed by atoms with Crippen molar-refractivity contribution >= 4 is 11.5 Å². The zero-order chi connectivity index (χ0) is 35.8. The third-order valence-corrected chi connectivity index (χ3v) is 9.97. The van der Waals surface area contributed by atoms with E-state index in [9.17, 15) is 9.90 Å². The number of rotatable bonds is 10. The molecule has 3 aromatic carbocycles. The molecule has 4 rings (SSSR count). The Hall–Kier alpha value is -3.91. The molecule has 4 aromatic rings. The Morgan fingerprint density at radius 2 is 1.43 bits per heavy atom. The summed E-state index contributed by atoms with van der Waals surface area (Å²) in [5.74, 6) is 0.286. The van der Waals surface area contributed by atoms with Crippen LogP contribution in [0.5, 0.6) is 0 Å². The van der Waals surface area contributed by atoms with Crippen LogP contribution in [0.15, 0.2) is 66.6 Å². The zero-order valence-corrected chi connectivity index (χ0v) is 33.5. The van der Waals surface area contributed by atoms with E-state index in [1.54, 1.807) is 0 Å². The van der Waals surface area contributed by atoms with E-state index in [-0.39, 0.29) is 42.5 Å². The van der Waals surface area contributed by atoms with E-state index >= 15 is 0 Å². The average Bonchev–Trinajstić information content (AvgIpc) is 3.06. The number of carbonyl (C=O) groups excluding carboxylic acids is 1. The molecule has 0 fully saturated rings. The van der Waals surface area contributed by atoms with Gasteiger partial charge in [-0.1, -0.05) is 103 Å². The Bertz CT molecular complexity index is 1800.